The minimum Gasteiger partial charge on any atom is -0.376 e. The monoisotopic (exact) mass is 376 g/mol. The first-order valence-corrected chi connectivity index (χ1v) is 10.7. The van der Waals surface area contributed by atoms with Gasteiger partial charge in [0.05, 0.1) is 26.4 Å². The number of ether oxygens (including phenoxy) is 4. The van der Waals surface area contributed by atoms with Gasteiger partial charge in [0.15, 0.2) is 0 Å². The summed E-state index contributed by atoms with van der Waals surface area (Å²) in [6.07, 6.45) is 0. The first-order chi connectivity index (χ1) is 12.7. The van der Waals surface area contributed by atoms with E-state index in [1.165, 1.54) is 26.2 Å². The third-order valence-corrected chi connectivity index (χ3v) is 5.75. The molecule has 1 rings (SSSR count). The van der Waals surface area contributed by atoms with Crippen LogP contribution in [0.2, 0.25) is 0 Å². The standard InChI is InChI=1S/C20H44N2O4/c1-5-23-17-13-21(14-18-24-6-2)9-11-22(12-10-21,15-19-25-7-3)16-20-26-8-4/h5-20H2,1-4H3/q+2. The first kappa shape index (κ1) is 23.8. The molecule has 1 heterocycles. The summed E-state index contributed by atoms with van der Waals surface area (Å²) in [4.78, 5) is 0. The number of piperazine rings is 1. The molecule has 1 fully saturated rings. The van der Waals surface area contributed by atoms with Gasteiger partial charge in [-0.15, -0.1) is 0 Å². The summed E-state index contributed by atoms with van der Waals surface area (Å²) in [6, 6.07) is 0. The molecule has 0 aliphatic carbocycles. The van der Waals surface area contributed by atoms with E-state index >= 15 is 0 Å². The van der Waals surface area contributed by atoms with Crippen LogP contribution in [0.15, 0.2) is 0 Å². The van der Waals surface area contributed by atoms with Crippen LogP contribution in [0.25, 0.3) is 0 Å². The molecule has 0 aromatic heterocycles. The third kappa shape index (κ3) is 8.63. The molecule has 0 saturated carbocycles. The van der Waals surface area contributed by atoms with Gasteiger partial charge in [-0.2, -0.15) is 0 Å². The van der Waals surface area contributed by atoms with Gasteiger partial charge in [-0.1, -0.05) is 0 Å². The van der Waals surface area contributed by atoms with Crippen LogP contribution in [0.1, 0.15) is 27.7 Å². The van der Waals surface area contributed by atoms with Crippen molar-refractivity contribution in [2.24, 2.45) is 0 Å². The molecule has 0 atom stereocenters. The van der Waals surface area contributed by atoms with Crippen LogP contribution >= 0.6 is 0 Å². The van der Waals surface area contributed by atoms with Gasteiger partial charge in [-0.05, 0) is 27.7 Å². The van der Waals surface area contributed by atoms with Crippen molar-refractivity contribution in [1.29, 1.82) is 0 Å². The zero-order chi connectivity index (χ0) is 19.1. The van der Waals surface area contributed by atoms with Gasteiger partial charge in [0.1, 0.15) is 52.4 Å². The lowest BCUT2D eigenvalue weighted by Gasteiger charge is -2.49. The summed E-state index contributed by atoms with van der Waals surface area (Å²) in [5.74, 6) is 0. The summed E-state index contributed by atoms with van der Waals surface area (Å²) >= 11 is 0. The molecule has 26 heavy (non-hydrogen) atoms. The maximum absolute atomic E-state index is 5.68. The Bertz CT molecular complexity index is 278. The highest BCUT2D eigenvalue weighted by atomic mass is 16.5. The fourth-order valence-electron chi connectivity index (χ4n) is 3.80. The Morgan fingerprint density at radius 3 is 0.885 bits per heavy atom. The maximum Gasteiger partial charge on any atom is 0.129 e. The molecule has 1 aliphatic rings. The van der Waals surface area contributed by atoms with Gasteiger partial charge in [-0.25, -0.2) is 0 Å². The molecule has 0 amide bonds. The Kier molecular flexibility index (Phi) is 12.7. The highest BCUT2D eigenvalue weighted by molar-refractivity contribution is 4.57. The van der Waals surface area contributed by atoms with Gasteiger partial charge in [0.25, 0.3) is 0 Å². The summed E-state index contributed by atoms with van der Waals surface area (Å²) in [7, 11) is 0. The average molecular weight is 377 g/mol. The Labute approximate surface area is 161 Å². The SMILES string of the molecule is CCOCC[N+]1(CCOCC)CC[N+](CCOCC)(CCOCC)CC1. The van der Waals surface area contributed by atoms with E-state index in [9.17, 15) is 0 Å². The van der Waals surface area contributed by atoms with Gasteiger partial charge < -0.3 is 27.9 Å². The minimum atomic E-state index is 0.800. The van der Waals surface area contributed by atoms with E-state index < -0.39 is 0 Å². The Morgan fingerprint density at radius 1 is 0.462 bits per heavy atom. The molecule has 6 nitrogen and oxygen atoms in total. The average Bonchev–Trinajstić information content (AvgIpc) is 2.65. The molecule has 1 aliphatic heterocycles. The maximum atomic E-state index is 5.68. The second-order valence-electron chi connectivity index (χ2n) is 7.26. The van der Waals surface area contributed by atoms with Gasteiger partial charge in [0, 0.05) is 26.4 Å². The molecule has 0 aromatic rings. The van der Waals surface area contributed by atoms with Crippen LogP contribution in [-0.4, -0.2) is 114 Å². The second kappa shape index (κ2) is 13.9. The molecule has 0 aromatic carbocycles. The predicted octanol–water partition coefficient (Wildman–Crippen LogP) is 1.78. The smallest absolute Gasteiger partial charge is 0.129 e. The van der Waals surface area contributed by atoms with Crippen LogP contribution in [-0.2, 0) is 18.9 Å². The van der Waals surface area contributed by atoms with Crippen LogP contribution in [0, 0.1) is 0 Å². The number of hydrogen-bond donors (Lipinski definition) is 0. The van der Waals surface area contributed by atoms with Crippen LogP contribution in [0.3, 0.4) is 0 Å². The Hall–Kier alpha value is -0.240. The van der Waals surface area contributed by atoms with Crippen molar-refractivity contribution in [3.63, 3.8) is 0 Å². The topological polar surface area (TPSA) is 36.9 Å². The quantitative estimate of drug-likeness (QED) is 0.304. The molecule has 0 N–H and O–H groups in total. The summed E-state index contributed by atoms with van der Waals surface area (Å²) in [6.45, 7) is 24.0. The van der Waals surface area contributed by atoms with Crippen molar-refractivity contribution < 1.29 is 27.9 Å². The molecule has 0 bridgehead atoms. The van der Waals surface area contributed by atoms with E-state index in [2.05, 4.69) is 27.7 Å². The molecular weight excluding hydrogens is 332 g/mol. The molecule has 156 valence electrons. The molecule has 0 radical (unpaired) electrons. The highest BCUT2D eigenvalue weighted by Gasteiger charge is 2.41. The van der Waals surface area contributed by atoms with E-state index in [1.54, 1.807) is 0 Å². The van der Waals surface area contributed by atoms with Crippen LogP contribution < -0.4 is 0 Å². The number of rotatable bonds is 16. The summed E-state index contributed by atoms with van der Waals surface area (Å²) in [5.41, 5.74) is 0. The van der Waals surface area contributed by atoms with E-state index in [0.717, 1.165) is 88.0 Å². The fraction of sp³-hybridized carbons (Fsp3) is 1.00. The van der Waals surface area contributed by atoms with E-state index in [4.69, 9.17) is 18.9 Å². The van der Waals surface area contributed by atoms with Crippen molar-refractivity contribution in [3.05, 3.63) is 0 Å². The third-order valence-electron chi connectivity index (χ3n) is 5.75. The van der Waals surface area contributed by atoms with Crippen molar-refractivity contribution in [2.45, 2.75) is 27.7 Å². The first-order valence-electron chi connectivity index (χ1n) is 10.7. The second-order valence-corrected chi connectivity index (χ2v) is 7.26. The lowest BCUT2D eigenvalue weighted by molar-refractivity contribution is -1.03. The van der Waals surface area contributed by atoms with Crippen molar-refractivity contribution in [1.82, 2.24) is 0 Å². The number of nitrogens with zero attached hydrogens (tertiary/aromatic N) is 2. The zero-order valence-corrected chi connectivity index (χ0v) is 17.8. The Balaban J connectivity index is 2.66. The van der Waals surface area contributed by atoms with E-state index in [-0.39, 0.29) is 0 Å². The van der Waals surface area contributed by atoms with Gasteiger partial charge in [0.2, 0.25) is 0 Å². The number of hydrogen-bond acceptors (Lipinski definition) is 4. The zero-order valence-electron chi connectivity index (χ0n) is 17.8. The van der Waals surface area contributed by atoms with Crippen molar-refractivity contribution in [2.75, 3.05) is 105 Å². The predicted molar refractivity (Wildman–Crippen MR) is 105 cm³/mol. The highest BCUT2D eigenvalue weighted by Crippen LogP contribution is 2.20. The minimum absolute atomic E-state index is 0.800. The van der Waals surface area contributed by atoms with E-state index in [1.807, 2.05) is 0 Å². The largest absolute Gasteiger partial charge is 0.376 e. The molecule has 1 saturated heterocycles. The van der Waals surface area contributed by atoms with Gasteiger partial charge >= 0.3 is 0 Å². The molecule has 0 spiro atoms. The summed E-state index contributed by atoms with van der Waals surface area (Å²) < 4.78 is 25.0. The fourth-order valence-corrected chi connectivity index (χ4v) is 3.80. The number of quaternary nitrogens is 2. The molecular formula is C20H44N2O4+2. The lowest BCUT2D eigenvalue weighted by Crippen LogP contribution is -2.69. The van der Waals surface area contributed by atoms with Crippen LogP contribution in [0.4, 0.5) is 0 Å². The van der Waals surface area contributed by atoms with E-state index in [0.29, 0.717) is 0 Å². The van der Waals surface area contributed by atoms with Crippen LogP contribution in [0.5, 0.6) is 0 Å². The van der Waals surface area contributed by atoms with Crippen molar-refractivity contribution in [3.8, 4) is 0 Å². The molecule has 0 unspecified atom stereocenters. The van der Waals surface area contributed by atoms with Crippen molar-refractivity contribution >= 4 is 0 Å². The Morgan fingerprint density at radius 2 is 0.692 bits per heavy atom. The lowest BCUT2D eigenvalue weighted by atomic mass is 10.1. The van der Waals surface area contributed by atoms with Gasteiger partial charge in [-0.3, -0.25) is 0 Å². The summed E-state index contributed by atoms with van der Waals surface area (Å²) in [5, 5.41) is 0. The molecule has 6 heteroatoms. The normalized spacial score (nSPS) is 18.9.